The van der Waals surface area contributed by atoms with Gasteiger partial charge in [0.1, 0.15) is 5.82 Å². The lowest BCUT2D eigenvalue weighted by Gasteiger charge is -2.05. The largest absolute Gasteiger partial charge is 0.341 e. The minimum atomic E-state index is 0.474. The molecule has 0 bridgehead atoms. The first-order chi connectivity index (χ1) is 8.16. The fraction of sp³-hybridized carbons (Fsp3) is 0.357. The molecular weight excluding hydrogens is 210 g/mol. The van der Waals surface area contributed by atoms with E-state index in [2.05, 4.69) is 60.3 Å². The maximum Gasteiger partial charge on any atom is 0.120 e. The average Bonchev–Trinajstić information content (AvgIpc) is 2.75. The Kier molecular flexibility index (Phi) is 3.59. The minimum Gasteiger partial charge on any atom is -0.341 e. The van der Waals surface area contributed by atoms with Crippen molar-refractivity contribution in [1.82, 2.24) is 15.3 Å². The Hall–Kier alpha value is -1.61. The van der Waals surface area contributed by atoms with Gasteiger partial charge in [-0.15, -0.1) is 0 Å². The zero-order valence-corrected chi connectivity index (χ0v) is 10.6. The second-order valence-electron chi connectivity index (χ2n) is 4.59. The summed E-state index contributed by atoms with van der Waals surface area (Å²) in [6, 6.07) is 8.80. The van der Waals surface area contributed by atoms with Crippen LogP contribution in [0.4, 0.5) is 0 Å². The normalized spacial score (nSPS) is 11.1. The lowest BCUT2D eigenvalue weighted by molar-refractivity contribution is 0.575. The van der Waals surface area contributed by atoms with Crippen molar-refractivity contribution in [2.75, 3.05) is 0 Å². The van der Waals surface area contributed by atoms with Crippen molar-refractivity contribution in [3.05, 3.63) is 41.9 Å². The first-order valence-corrected chi connectivity index (χ1v) is 6.00. The molecule has 0 saturated heterocycles. The Morgan fingerprint density at radius 3 is 2.76 bits per heavy atom. The summed E-state index contributed by atoms with van der Waals surface area (Å²) in [4.78, 5) is 7.74. The number of imidazole rings is 1. The van der Waals surface area contributed by atoms with E-state index in [1.54, 1.807) is 0 Å². The van der Waals surface area contributed by atoms with Gasteiger partial charge >= 0.3 is 0 Å². The van der Waals surface area contributed by atoms with Gasteiger partial charge in [0.25, 0.3) is 0 Å². The molecule has 0 atom stereocenters. The van der Waals surface area contributed by atoms with Crippen molar-refractivity contribution in [3.8, 4) is 11.3 Å². The number of nitrogens with one attached hydrogen (secondary N) is 2. The van der Waals surface area contributed by atoms with Crippen molar-refractivity contribution >= 4 is 0 Å². The number of aryl methyl sites for hydroxylation is 1. The number of rotatable bonds is 4. The van der Waals surface area contributed by atoms with E-state index in [9.17, 15) is 0 Å². The summed E-state index contributed by atoms with van der Waals surface area (Å²) in [7, 11) is 0. The van der Waals surface area contributed by atoms with E-state index >= 15 is 0 Å². The van der Waals surface area contributed by atoms with Crippen LogP contribution in [-0.2, 0) is 6.54 Å². The molecule has 1 aromatic heterocycles. The van der Waals surface area contributed by atoms with Crippen LogP contribution in [0.15, 0.2) is 30.5 Å². The van der Waals surface area contributed by atoms with Gasteiger partial charge in [0.15, 0.2) is 0 Å². The molecule has 90 valence electrons. The highest BCUT2D eigenvalue weighted by atomic mass is 15.0. The molecule has 0 aliphatic rings. The second-order valence-corrected chi connectivity index (χ2v) is 4.59. The highest BCUT2D eigenvalue weighted by molar-refractivity contribution is 5.62. The molecule has 0 aliphatic heterocycles. The van der Waals surface area contributed by atoms with Crippen molar-refractivity contribution in [3.63, 3.8) is 0 Å². The maximum atomic E-state index is 4.39. The number of aromatic nitrogens is 2. The minimum absolute atomic E-state index is 0.474. The number of hydrogen-bond donors (Lipinski definition) is 2. The molecule has 2 N–H and O–H groups in total. The molecule has 0 saturated carbocycles. The van der Waals surface area contributed by atoms with Gasteiger partial charge in [-0.3, -0.25) is 0 Å². The predicted molar refractivity (Wildman–Crippen MR) is 70.7 cm³/mol. The van der Waals surface area contributed by atoms with Gasteiger partial charge in [-0.2, -0.15) is 0 Å². The van der Waals surface area contributed by atoms with Crippen LogP contribution in [-0.4, -0.2) is 16.0 Å². The highest BCUT2D eigenvalue weighted by Gasteiger charge is 2.05. The van der Waals surface area contributed by atoms with Crippen molar-refractivity contribution in [2.45, 2.75) is 33.4 Å². The smallest absolute Gasteiger partial charge is 0.120 e. The number of hydrogen-bond acceptors (Lipinski definition) is 2. The second kappa shape index (κ2) is 5.15. The lowest BCUT2D eigenvalue weighted by Crippen LogP contribution is -2.22. The van der Waals surface area contributed by atoms with Crippen LogP contribution in [0.1, 0.15) is 25.2 Å². The van der Waals surface area contributed by atoms with E-state index in [1.165, 1.54) is 11.1 Å². The van der Waals surface area contributed by atoms with E-state index < -0.39 is 0 Å². The summed E-state index contributed by atoms with van der Waals surface area (Å²) in [6.07, 6.45) is 1.90. The lowest BCUT2D eigenvalue weighted by atomic mass is 10.1. The van der Waals surface area contributed by atoms with Gasteiger partial charge in [0.2, 0.25) is 0 Å². The Morgan fingerprint density at radius 2 is 2.06 bits per heavy atom. The first kappa shape index (κ1) is 11.9. The Balaban J connectivity index is 2.16. The number of nitrogens with zero attached hydrogens (tertiary/aromatic N) is 1. The van der Waals surface area contributed by atoms with E-state index in [0.717, 1.165) is 18.1 Å². The van der Waals surface area contributed by atoms with Crippen LogP contribution in [0.25, 0.3) is 11.3 Å². The van der Waals surface area contributed by atoms with E-state index in [0.29, 0.717) is 6.04 Å². The first-order valence-electron chi connectivity index (χ1n) is 6.00. The third kappa shape index (κ3) is 2.94. The quantitative estimate of drug-likeness (QED) is 0.846. The van der Waals surface area contributed by atoms with Gasteiger partial charge in [0.05, 0.1) is 18.4 Å². The third-order valence-electron chi connectivity index (χ3n) is 2.74. The van der Waals surface area contributed by atoms with Crippen LogP contribution < -0.4 is 5.32 Å². The molecule has 3 nitrogen and oxygen atoms in total. The third-order valence-corrected chi connectivity index (χ3v) is 2.74. The molecule has 0 spiro atoms. The summed E-state index contributed by atoms with van der Waals surface area (Å²) in [5, 5.41) is 3.35. The molecule has 0 aliphatic carbocycles. The molecular formula is C14H19N3. The van der Waals surface area contributed by atoms with Gasteiger partial charge in [-0.25, -0.2) is 4.98 Å². The molecule has 0 radical (unpaired) electrons. The summed E-state index contributed by atoms with van der Waals surface area (Å²) in [5.74, 6) is 0.983. The Morgan fingerprint density at radius 1 is 1.29 bits per heavy atom. The molecule has 1 aromatic carbocycles. The molecule has 2 aromatic rings. The maximum absolute atomic E-state index is 4.39. The van der Waals surface area contributed by atoms with Gasteiger partial charge < -0.3 is 10.3 Å². The van der Waals surface area contributed by atoms with Crippen molar-refractivity contribution in [1.29, 1.82) is 0 Å². The van der Waals surface area contributed by atoms with E-state index in [1.807, 2.05) is 6.20 Å². The van der Waals surface area contributed by atoms with Gasteiger partial charge in [0, 0.05) is 11.6 Å². The van der Waals surface area contributed by atoms with Crippen LogP contribution in [0.2, 0.25) is 0 Å². The fourth-order valence-electron chi connectivity index (χ4n) is 1.77. The highest BCUT2D eigenvalue weighted by Crippen LogP contribution is 2.20. The molecule has 3 heteroatoms. The Labute approximate surface area is 102 Å². The molecule has 0 fully saturated rings. The fourth-order valence-corrected chi connectivity index (χ4v) is 1.77. The van der Waals surface area contributed by atoms with Gasteiger partial charge in [-0.05, 0) is 12.5 Å². The standard InChI is InChI=1S/C14H19N3/c1-10(2)15-9-14-16-8-13(17-14)12-7-5-4-6-11(12)3/h4-8,10,15H,9H2,1-3H3,(H,16,17). The monoisotopic (exact) mass is 229 g/mol. The van der Waals surface area contributed by atoms with Crippen molar-refractivity contribution in [2.24, 2.45) is 0 Å². The zero-order chi connectivity index (χ0) is 12.3. The van der Waals surface area contributed by atoms with Crippen LogP contribution in [0.3, 0.4) is 0 Å². The van der Waals surface area contributed by atoms with Gasteiger partial charge in [-0.1, -0.05) is 38.1 Å². The predicted octanol–water partition coefficient (Wildman–Crippen LogP) is 2.88. The summed E-state index contributed by atoms with van der Waals surface area (Å²) in [5.41, 5.74) is 3.57. The Bertz CT molecular complexity index is 486. The summed E-state index contributed by atoms with van der Waals surface area (Å²) in [6.45, 7) is 7.15. The SMILES string of the molecule is Cc1ccccc1-c1cnc(CNC(C)C)[nH]1. The van der Waals surface area contributed by atoms with E-state index in [-0.39, 0.29) is 0 Å². The van der Waals surface area contributed by atoms with Crippen LogP contribution in [0, 0.1) is 6.92 Å². The molecule has 17 heavy (non-hydrogen) atoms. The zero-order valence-electron chi connectivity index (χ0n) is 10.6. The number of H-pyrrole nitrogens is 1. The van der Waals surface area contributed by atoms with Crippen LogP contribution >= 0.6 is 0 Å². The molecule has 1 heterocycles. The van der Waals surface area contributed by atoms with Crippen molar-refractivity contribution < 1.29 is 0 Å². The summed E-state index contributed by atoms with van der Waals surface area (Å²) < 4.78 is 0. The van der Waals surface area contributed by atoms with Crippen LogP contribution in [0.5, 0.6) is 0 Å². The summed E-state index contributed by atoms with van der Waals surface area (Å²) >= 11 is 0. The number of benzene rings is 1. The average molecular weight is 229 g/mol. The molecule has 2 rings (SSSR count). The molecule has 0 unspecified atom stereocenters. The number of aromatic amines is 1. The topological polar surface area (TPSA) is 40.7 Å². The molecule has 0 amide bonds. The van der Waals surface area contributed by atoms with E-state index in [4.69, 9.17) is 0 Å².